The van der Waals surface area contributed by atoms with Crippen molar-refractivity contribution >= 4 is 72.8 Å². The zero-order chi connectivity index (χ0) is 28.0. The van der Waals surface area contributed by atoms with Gasteiger partial charge < -0.3 is 4.74 Å². The molecule has 0 aromatic heterocycles. The Hall–Kier alpha value is -3.11. The summed E-state index contributed by atoms with van der Waals surface area (Å²) in [5.74, 6) is -6.98. The number of benzene rings is 2. The lowest BCUT2D eigenvalue weighted by molar-refractivity contribution is -0.155. The Balaban J connectivity index is 1.54. The van der Waals surface area contributed by atoms with Gasteiger partial charge in [-0.1, -0.05) is 44.4 Å². The smallest absolute Gasteiger partial charge is 0.334 e. The number of hydrogen-bond donors (Lipinski definition) is 0. The van der Waals surface area contributed by atoms with E-state index in [0.29, 0.717) is 16.9 Å². The molecule has 0 N–H and O–H groups in total. The second-order valence-corrected chi connectivity index (χ2v) is 12.4. The molecule has 200 valence electrons. The van der Waals surface area contributed by atoms with Crippen molar-refractivity contribution in [1.82, 2.24) is 0 Å². The van der Waals surface area contributed by atoms with Crippen LogP contribution in [-0.4, -0.2) is 36.2 Å². The number of carbonyl (C=O) groups excluding carboxylic acids is 5. The molecule has 4 amide bonds. The van der Waals surface area contributed by atoms with Gasteiger partial charge >= 0.3 is 5.97 Å². The zero-order valence-corrected chi connectivity index (χ0v) is 24.5. The van der Waals surface area contributed by atoms with Gasteiger partial charge in [-0.25, -0.2) is 4.79 Å². The molecule has 2 aromatic carbocycles. The third kappa shape index (κ3) is 3.37. The van der Waals surface area contributed by atoms with E-state index in [9.17, 15) is 24.0 Å². The number of amides is 4. The van der Waals surface area contributed by atoms with Crippen LogP contribution in [0.3, 0.4) is 0 Å². The molecule has 39 heavy (non-hydrogen) atoms. The number of anilines is 2. The number of imide groups is 2. The van der Waals surface area contributed by atoms with Crippen molar-refractivity contribution < 1.29 is 28.7 Å². The van der Waals surface area contributed by atoms with E-state index >= 15 is 0 Å². The standard InChI is InChI=1S/C29H24Br2N2O6/c1-4-39-28(38)21-13(2)18-19-22(26(36)32(24(19)34)16-9-5-14(30)6-10-16)29(21,3)23-20(18)25(35)33(27(23)37)17-11-7-15(31)8-12-17/h5-12,18-20,22-23H,4H2,1-3H3/t18?,19-,20+,22-,23-,29?/m1/s1. The zero-order valence-electron chi connectivity index (χ0n) is 21.3. The second-order valence-electron chi connectivity index (χ2n) is 10.6. The largest absolute Gasteiger partial charge is 0.463 e. The molecule has 2 heterocycles. The Labute approximate surface area is 241 Å². The molecule has 2 aliphatic heterocycles. The van der Waals surface area contributed by atoms with Crippen molar-refractivity contribution in [2.45, 2.75) is 20.8 Å². The molecule has 0 radical (unpaired) electrons. The van der Waals surface area contributed by atoms with E-state index in [-0.39, 0.29) is 12.2 Å². The quantitative estimate of drug-likeness (QED) is 0.351. The van der Waals surface area contributed by atoms with Crippen molar-refractivity contribution in [3.05, 3.63) is 68.6 Å². The monoisotopic (exact) mass is 654 g/mol. The fraction of sp³-hybridized carbons (Fsp3) is 0.345. The molecule has 1 saturated carbocycles. The van der Waals surface area contributed by atoms with Crippen molar-refractivity contribution in [3.8, 4) is 0 Å². The van der Waals surface area contributed by atoms with E-state index in [1.165, 1.54) is 0 Å². The summed E-state index contributed by atoms with van der Waals surface area (Å²) in [6.07, 6.45) is 0. The molecule has 6 atom stereocenters. The van der Waals surface area contributed by atoms with Gasteiger partial charge in [0.25, 0.3) is 0 Å². The number of ether oxygens (including phenoxy) is 1. The molecule has 2 unspecified atom stereocenters. The van der Waals surface area contributed by atoms with E-state index in [1.807, 2.05) is 0 Å². The molecule has 7 rings (SSSR count). The van der Waals surface area contributed by atoms with E-state index in [4.69, 9.17) is 4.74 Å². The summed E-state index contributed by atoms with van der Waals surface area (Å²) in [6.45, 7) is 5.19. The predicted molar refractivity (Wildman–Crippen MR) is 148 cm³/mol. The minimum atomic E-state index is -1.42. The SMILES string of the molecule is CCOC(=O)C1=C(C)C2[C@H]3C(=O)N(c4ccc(Br)cc4)C(=O)[C@@H]3C1(C)[C@H]1C(=O)N(c3ccc(Br)cc3)C(=O)[C@@H]21. The molecule has 2 saturated heterocycles. The normalized spacial score (nSPS) is 31.3. The van der Waals surface area contributed by atoms with Gasteiger partial charge in [0.1, 0.15) is 0 Å². The Kier molecular flexibility index (Phi) is 6.00. The summed E-state index contributed by atoms with van der Waals surface area (Å²) < 4.78 is 6.99. The number of allylic oxidation sites excluding steroid dienone is 1. The summed E-state index contributed by atoms with van der Waals surface area (Å²) in [5, 5.41) is 0. The third-order valence-corrected chi connectivity index (χ3v) is 9.91. The molecule has 3 fully saturated rings. The predicted octanol–water partition coefficient (Wildman–Crippen LogP) is 4.65. The lowest BCUT2D eigenvalue weighted by Crippen LogP contribution is -2.61. The van der Waals surface area contributed by atoms with Crippen molar-refractivity contribution in [3.63, 3.8) is 0 Å². The molecule has 5 aliphatic rings. The van der Waals surface area contributed by atoms with E-state index < -0.39 is 64.6 Å². The molecular weight excluding hydrogens is 632 g/mol. The third-order valence-electron chi connectivity index (χ3n) is 8.85. The number of nitrogens with zero attached hydrogens (tertiary/aromatic N) is 2. The van der Waals surface area contributed by atoms with Crippen molar-refractivity contribution in [2.75, 3.05) is 16.4 Å². The Morgan fingerprint density at radius 3 is 1.56 bits per heavy atom. The van der Waals surface area contributed by atoms with Gasteiger partial charge in [-0.3, -0.25) is 29.0 Å². The molecule has 2 bridgehead atoms. The molecule has 0 spiro atoms. The number of esters is 1. The minimum absolute atomic E-state index is 0.105. The average Bonchev–Trinajstić information content (AvgIpc) is 3.32. The van der Waals surface area contributed by atoms with Crippen LogP contribution in [0.4, 0.5) is 11.4 Å². The van der Waals surface area contributed by atoms with Gasteiger partial charge in [-0.15, -0.1) is 0 Å². The van der Waals surface area contributed by atoms with E-state index in [2.05, 4.69) is 31.9 Å². The average molecular weight is 656 g/mol. The fourth-order valence-electron chi connectivity index (χ4n) is 7.50. The van der Waals surface area contributed by atoms with Gasteiger partial charge in [0.05, 0.1) is 41.7 Å². The van der Waals surface area contributed by atoms with Gasteiger partial charge in [-0.05, 0) is 62.4 Å². The summed E-state index contributed by atoms with van der Waals surface area (Å²) >= 11 is 6.75. The molecular formula is C29H24Br2N2O6. The number of halogens is 2. The Bertz CT molecular complexity index is 1410. The van der Waals surface area contributed by atoms with Crippen molar-refractivity contribution in [2.24, 2.45) is 35.0 Å². The molecule has 2 aromatic rings. The fourth-order valence-corrected chi connectivity index (χ4v) is 8.03. The highest BCUT2D eigenvalue weighted by Crippen LogP contribution is 2.68. The summed E-state index contributed by atoms with van der Waals surface area (Å²) in [5.41, 5.74) is 0.153. The first-order chi connectivity index (χ1) is 18.5. The molecule has 8 nitrogen and oxygen atoms in total. The number of carbonyl (C=O) groups is 5. The van der Waals surface area contributed by atoms with Crippen LogP contribution >= 0.6 is 31.9 Å². The highest BCUT2D eigenvalue weighted by molar-refractivity contribution is 9.10. The lowest BCUT2D eigenvalue weighted by atomic mass is 9.43. The van der Waals surface area contributed by atoms with Crippen LogP contribution in [0.5, 0.6) is 0 Å². The first-order valence-corrected chi connectivity index (χ1v) is 14.3. The van der Waals surface area contributed by atoms with Crippen LogP contribution in [0.1, 0.15) is 20.8 Å². The highest BCUT2D eigenvalue weighted by Gasteiger charge is 2.77. The maximum absolute atomic E-state index is 14.1. The first kappa shape index (κ1) is 26.1. The summed E-state index contributed by atoms with van der Waals surface area (Å²) in [6, 6.07) is 13.6. The number of hydrogen-bond acceptors (Lipinski definition) is 6. The van der Waals surface area contributed by atoms with Crippen LogP contribution < -0.4 is 9.80 Å². The van der Waals surface area contributed by atoms with Gasteiger partial charge in [-0.2, -0.15) is 0 Å². The summed E-state index contributed by atoms with van der Waals surface area (Å²) in [4.78, 5) is 72.0. The lowest BCUT2D eigenvalue weighted by Gasteiger charge is -2.55. The highest BCUT2D eigenvalue weighted by atomic mass is 79.9. The molecule has 3 aliphatic carbocycles. The van der Waals surface area contributed by atoms with Gasteiger partial charge in [0.2, 0.25) is 23.6 Å². The second kappa shape index (κ2) is 8.96. The minimum Gasteiger partial charge on any atom is -0.463 e. The maximum Gasteiger partial charge on any atom is 0.334 e. The number of rotatable bonds is 4. The first-order valence-electron chi connectivity index (χ1n) is 12.7. The van der Waals surface area contributed by atoms with Crippen LogP contribution in [-0.2, 0) is 28.7 Å². The van der Waals surface area contributed by atoms with Gasteiger partial charge in [0, 0.05) is 25.9 Å². The topological polar surface area (TPSA) is 101 Å². The van der Waals surface area contributed by atoms with Crippen LogP contribution in [0, 0.1) is 35.0 Å². The van der Waals surface area contributed by atoms with E-state index in [1.54, 1.807) is 69.3 Å². The Morgan fingerprint density at radius 2 is 1.18 bits per heavy atom. The van der Waals surface area contributed by atoms with Crippen LogP contribution in [0.2, 0.25) is 0 Å². The maximum atomic E-state index is 14.1. The molecule has 10 heteroatoms. The van der Waals surface area contributed by atoms with Crippen LogP contribution in [0.25, 0.3) is 0 Å². The van der Waals surface area contributed by atoms with Crippen LogP contribution in [0.15, 0.2) is 68.6 Å². The summed E-state index contributed by atoms with van der Waals surface area (Å²) in [7, 11) is 0. The van der Waals surface area contributed by atoms with Gasteiger partial charge in [0.15, 0.2) is 0 Å². The van der Waals surface area contributed by atoms with E-state index in [0.717, 1.165) is 18.7 Å². The van der Waals surface area contributed by atoms with Crippen molar-refractivity contribution in [1.29, 1.82) is 0 Å². The Morgan fingerprint density at radius 1 is 0.769 bits per heavy atom.